The van der Waals surface area contributed by atoms with Gasteiger partial charge in [0.15, 0.2) is 5.76 Å². The SMILES string of the molecule is CN1C=CCC2=c3ncccc3=C(O)C(=O)C21.O=S(=O)(O)C(F)(F)F. The number of hydrogen-bond donors (Lipinski definition) is 2. The van der Waals surface area contributed by atoms with Gasteiger partial charge in [-0.2, -0.15) is 21.6 Å². The fourth-order valence-corrected chi connectivity index (χ4v) is 2.47. The van der Waals surface area contributed by atoms with Crippen LogP contribution in [-0.2, 0) is 14.9 Å². The Balaban J connectivity index is 0.000000242. The van der Waals surface area contributed by atoms with Crippen molar-refractivity contribution in [3.8, 4) is 0 Å². The number of allylic oxidation sites excluding steroid dienone is 1. The molecular formula is C14H13F3N2O5S. The number of aliphatic hydroxyl groups is 1. The van der Waals surface area contributed by atoms with Gasteiger partial charge in [0.2, 0.25) is 5.78 Å². The van der Waals surface area contributed by atoms with Crippen LogP contribution < -0.4 is 10.6 Å². The molecule has 0 bridgehead atoms. The second-order valence-corrected chi connectivity index (χ2v) is 6.63. The van der Waals surface area contributed by atoms with Crippen LogP contribution in [0.1, 0.15) is 6.42 Å². The molecule has 1 unspecified atom stereocenters. The lowest BCUT2D eigenvalue weighted by atomic mass is 9.90. The number of alkyl halides is 3. The first-order valence-corrected chi connectivity index (χ1v) is 8.23. The number of Topliss-reactive ketones (excluding diaryl/α,β-unsaturated/α-hetero) is 1. The van der Waals surface area contributed by atoms with Crippen molar-refractivity contribution in [2.24, 2.45) is 0 Å². The van der Waals surface area contributed by atoms with Crippen molar-refractivity contribution < 1.29 is 36.0 Å². The summed E-state index contributed by atoms with van der Waals surface area (Å²) in [5.41, 5.74) is -4.57. The van der Waals surface area contributed by atoms with E-state index in [0.29, 0.717) is 11.6 Å². The molecule has 2 aliphatic rings. The van der Waals surface area contributed by atoms with Crippen LogP contribution in [0.2, 0.25) is 0 Å². The van der Waals surface area contributed by atoms with Crippen molar-refractivity contribution in [1.29, 1.82) is 0 Å². The molecular weight excluding hydrogens is 365 g/mol. The average molecular weight is 378 g/mol. The van der Waals surface area contributed by atoms with Gasteiger partial charge in [0.05, 0.1) is 5.35 Å². The summed E-state index contributed by atoms with van der Waals surface area (Å²) in [5.74, 6) is -0.420. The number of carbonyl (C=O) groups excluding carboxylic acids is 1. The summed E-state index contributed by atoms with van der Waals surface area (Å²) in [5, 5.41) is 11.2. The van der Waals surface area contributed by atoms with Crippen molar-refractivity contribution in [3.05, 3.63) is 41.2 Å². The maximum absolute atomic E-state index is 12.1. The Hall–Kier alpha value is -2.40. The Morgan fingerprint density at radius 1 is 1.36 bits per heavy atom. The minimum Gasteiger partial charge on any atom is -0.504 e. The van der Waals surface area contributed by atoms with Crippen LogP contribution in [-0.4, -0.2) is 52.3 Å². The predicted octanol–water partition coefficient (Wildman–Crippen LogP) is 0.0930. The van der Waals surface area contributed by atoms with Crippen LogP contribution in [0.25, 0.3) is 11.3 Å². The van der Waals surface area contributed by atoms with Gasteiger partial charge in [-0.05, 0) is 30.3 Å². The van der Waals surface area contributed by atoms with Crippen molar-refractivity contribution >= 4 is 27.2 Å². The monoisotopic (exact) mass is 378 g/mol. The molecule has 1 aliphatic carbocycles. The second-order valence-electron chi connectivity index (χ2n) is 5.22. The first kappa shape index (κ1) is 18.9. The number of rotatable bonds is 0. The molecule has 1 aromatic heterocycles. The molecule has 2 N–H and O–H groups in total. The Kier molecular flexibility index (Phi) is 4.91. The van der Waals surface area contributed by atoms with Gasteiger partial charge in [0, 0.05) is 18.5 Å². The summed E-state index contributed by atoms with van der Waals surface area (Å²) in [6.45, 7) is 0. The Morgan fingerprint density at radius 3 is 2.52 bits per heavy atom. The standard InChI is InChI=1S/C13H12N2O2.CHF3O3S/c1-15-7-3-5-8-10-9(4-2-6-14-10)12(16)13(17)11(8)15;2-1(3,4)8(5,6)7/h2-4,6-7,11,16H,5H2,1H3;(H,5,6,7). The minimum atomic E-state index is -5.84. The smallest absolute Gasteiger partial charge is 0.504 e. The quantitative estimate of drug-likeness (QED) is 0.487. The maximum Gasteiger partial charge on any atom is 0.522 e. The number of ketones is 1. The molecule has 0 aromatic carbocycles. The van der Waals surface area contributed by atoms with E-state index >= 15 is 0 Å². The third-order valence-corrected chi connectivity index (χ3v) is 4.14. The number of pyridine rings is 1. The fraction of sp³-hybridized carbons (Fsp3) is 0.286. The number of nitrogens with zero attached hydrogens (tertiary/aromatic N) is 2. The third-order valence-electron chi connectivity index (χ3n) is 3.56. The number of aromatic nitrogens is 1. The van der Waals surface area contributed by atoms with Gasteiger partial charge in [-0.15, -0.1) is 0 Å². The van der Waals surface area contributed by atoms with Gasteiger partial charge < -0.3 is 10.0 Å². The van der Waals surface area contributed by atoms with Gasteiger partial charge in [-0.1, -0.05) is 6.08 Å². The molecule has 7 nitrogen and oxygen atoms in total. The zero-order valence-corrected chi connectivity index (χ0v) is 13.5. The van der Waals surface area contributed by atoms with Crippen LogP contribution in [0.15, 0.2) is 30.6 Å². The summed E-state index contributed by atoms with van der Waals surface area (Å²) < 4.78 is 57.5. The molecule has 0 radical (unpaired) electrons. The van der Waals surface area contributed by atoms with Crippen molar-refractivity contribution in [2.75, 3.05) is 7.05 Å². The average Bonchev–Trinajstić information content (AvgIpc) is 2.51. The molecule has 136 valence electrons. The van der Waals surface area contributed by atoms with Crippen LogP contribution in [0.4, 0.5) is 13.2 Å². The number of halogens is 3. The van der Waals surface area contributed by atoms with E-state index < -0.39 is 21.7 Å². The van der Waals surface area contributed by atoms with Gasteiger partial charge in [0.1, 0.15) is 6.04 Å². The van der Waals surface area contributed by atoms with Crippen molar-refractivity contribution in [2.45, 2.75) is 18.0 Å². The van der Waals surface area contributed by atoms with E-state index in [2.05, 4.69) is 4.98 Å². The summed E-state index contributed by atoms with van der Waals surface area (Å²) in [6.07, 6.45) is 6.26. The second kappa shape index (κ2) is 6.48. The lowest BCUT2D eigenvalue weighted by Gasteiger charge is -2.32. The Bertz CT molecular complexity index is 953. The number of likely N-dealkylation sites (N-methyl/N-ethyl adjacent to an activating group) is 1. The molecule has 25 heavy (non-hydrogen) atoms. The highest BCUT2D eigenvalue weighted by atomic mass is 32.2. The summed E-state index contributed by atoms with van der Waals surface area (Å²) in [7, 11) is -4.01. The summed E-state index contributed by atoms with van der Waals surface area (Å²) >= 11 is 0. The molecule has 0 spiro atoms. The molecule has 11 heteroatoms. The van der Waals surface area contributed by atoms with Gasteiger partial charge in [-0.25, -0.2) is 0 Å². The minimum absolute atomic E-state index is 0.177. The lowest BCUT2D eigenvalue weighted by molar-refractivity contribution is -0.117. The van der Waals surface area contributed by atoms with Gasteiger partial charge in [0.25, 0.3) is 0 Å². The molecule has 0 fully saturated rings. The number of aliphatic hydroxyl groups excluding tert-OH is 1. The normalized spacial score (nSPS) is 19.8. The molecule has 3 rings (SSSR count). The van der Waals surface area contributed by atoms with Crippen LogP contribution >= 0.6 is 0 Å². The number of hydrogen-bond acceptors (Lipinski definition) is 6. The molecule has 2 heterocycles. The maximum atomic E-state index is 12.1. The summed E-state index contributed by atoms with van der Waals surface area (Å²) in [6, 6.07) is 3.06. The van der Waals surface area contributed by atoms with Crippen molar-refractivity contribution in [3.63, 3.8) is 0 Å². The zero-order valence-electron chi connectivity index (χ0n) is 12.7. The summed E-state index contributed by atoms with van der Waals surface area (Å²) in [4.78, 5) is 18.2. The van der Waals surface area contributed by atoms with Crippen LogP contribution in [0.5, 0.6) is 0 Å². The number of fused-ring (bicyclic) bond motifs is 2. The predicted molar refractivity (Wildman–Crippen MR) is 80.9 cm³/mol. The first-order chi connectivity index (χ1) is 11.4. The topological polar surface area (TPSA) is 108 Å². The Morgan fingerprint density at radius 2 is 1.96 bits per heavy atom. The molecule has 1 atom stereocenters. The largest absolute Gasteiger partial charge is 0.522 e. The molecule has 0 saturated heterocycles. The highest BCUT2D eigenvalue weighted by molar-refractivity contribution is 7.86. The Labute approximate surface area is 140 Å². The molecule has 1 aromatic rings. The van der Waals surface area contributed by atoms with E-state index in [4.69, 9.17) is 13.0 Å². The third kappa shape index (κ3) is 3.66. The van der Waals surface area contributed by atoms with E-state index in [1.165, 1.54) is 0 Å². The van der Waals surface area contributed by atoms with Gasteiger partial charge >= 0.3 is 15.6 Å². The van der Waals surface area contributed by atoms with E-state index in [0.717, 1.165) is 10.9 Å². The van der Waals surface area contributed by atoms with Gasteiger partial charge in [-0.3, -0.25) is 14.3 Å². The van der Waals surface area contributed by atoms with E-state index in [1.807, 2.05) is 24.2 Å². The van der Waals surface area contributed by atoms with E-state index in [-0.39, 0.29) is 11.5 Å². The molecule has 0 saturated carbocycles. The van der Waals surface area contributed by atoms with Crippen LogP contribution in [0, 0.1) is 0 Å². The van der Waals surface area contributed by atoms with E-state index in [1.54, 1.807) is 18.3 Å². The molecule has 1 aliphatic heterocycles. The zero-order chi connectivity index (χ0) is 19.0. The van der Waals surface area contributed by atoms with Crippen molar-refractivity contribution in [1.82, 2.24) is 9.88 Å². The molecule has 0 amide bonds. The highest BCUT2D eigenvalue weighted by Gasteiger charge is 2.44. The van der Waals surface area contributed by atoms with Crippen LogP contribution in [0.3, 0.4) is 0 Å². The highest BCUT2D eigenvalue weighted by Crippen LogP contribution is 2.23. The first-order valence-electron chi connectivity index (χ1n) is 6.79. The van der Waals surface area contributed by atoms with E-state index in [9.17, 15) is 23.1 Å². The fourth-order valence-electron chi connectivity index (χ4n) is 2.47. The lowest BCUT2D eigenvalue weighted by Crippen LogP contribution is -2.50. The number of carbonyl (C=O) groups is 1.